The molecule has 2 N–H and O–H groups in total. The number of anilines is 1. The topological polar surface area (TPSA) is 88.9 Å². The molecule has 0 bridgehead atoms. The Morgan fingerprint density at radius 2 is 1.73 bits per heavy atom. The van der Waals surface area contributed by atoms with E-state index in [1.54, 1.807) is 6.07 Å². The van der Waals surface area contributed by atoms with Crippen LogP contribution >= 0.6 is 11.8 Å². The Bertz CT molecular complexity index is 1150. The third-order valence-electron chi connectivity index (χ3n) is 5.35. The SMILES string of the molecule is CCn1c(SCC(=O)Nc2c(C)cc(C)cc2C)nnc1C(C)NC(=O)c1cccc(C)c1. The zero-order valence-electron chi connectivity index (χ0n) is 20.0. The summed E-state index contributed by atoms with van der Waals surface area (Å²) in [6.45, 7) is 12.5. The van der Waals surface area contributed by atoms with Gasteiger partial charge in [0.15, 0.2) is 11.0 Å². The second-order valence-corrected chi connectivity index (χ2v) is 9.20. The van der Waals surface area contributed by atoms with Crippen LogP contribution in [0.15, 0.2) is 41.6 Å². The summed E-state index contributed by atoms with van der Waals surface area (Å²) in [6.07, 6.45) is 0. The van der Waals surface area contributed by atoms with E-state index < -0.39 is 0 Å². The first-order chi connectivity index (χ1) is 15.7. The molecule has 1 heterocycles. The van der Waals surface area contributed by atoms with Gasteiger partial charge in [-0.3, -0.25) is 9.59 Å². The van der Waals surface area contributed by atoms with E-state index in [-0.39, 0.29) is 23.6 Å². The summed E-state index contributed by atoms with van der Waals surface area (Å²) in [5.74, 6) is 0.624. The number of aromatic nitrogens is 3. The number of benzene rings is 2. The predicted octanol–water partition coefficient (Wildman–Crippen LogP) is 4.75. The van der Waals surface area contributed by atoms with Crippen LogP contribution in [-0.4, -0.2) is 32.3 Å². The molecule has 1 aromatic heterocycles. The van der Waals surface area contributed by atoms with E-state index in [1.807, 2.05) is 64.3 Å². The Morgan fingerprint density at radius 3 is 2.36 bits per heavy atom. The lowest BCUT2D eigenvalue weighted by Crippen LogP contribution is -2.28. The molecule has 3 rings (SSSR count). The molecule has 0 aliphatic heterocycles. The number of rotatable bonds is 8. The van der Waals surface area contributed by atoms with E-state index in [2.05, 4.69) is 33.0 Å². The number of carbonyl (C=O) groups is 2. The highest BCUT2D eigenvalue weighted by molar-refractivity contribution is 7.99. The summed E-state index contributed by atoms with van der Waals surface area (Å²) in [4.78, 5) is 25.2. The first-order valence-electron chi connectivity index (χ1n) is 11.0. The van der Waals surface area contributed by atoms with Gasteiger partial charge in [-0.1, -0.05) is 47.2 Å². The Labute approximate surface area is 199 Å². The number of hydrogen-bond acceptors (Lipinski definition) is 5. The number of amides is 2. The minimum atomic E-state index is -0.327. The smallest absolute Gasteiger partial charge is 0.251 e. The largest absolute Gasteiger partial charge is 0.342 e. The van der Waals surface area contributed by atoms with Crippen molar-refractivity contribution in [3.63, 3.8) is 0 Å². The molecule has 2 amide bonds. The zero-order chi connectivity index (χ0) is 24.1. The number of aryl methyl sites for hydroxylation is 4. The van der Waals surface area contributed by atoms with E-state index in [4.69, 9.17) is 0 Å². The van der Waals surface area contributed by atoms with Gasteiger partial charge in [-0.05, 0) is 64.8 Å². The molecule has 7 nitrogen and oxygen atoms in total. The van der Waals surface area contributed by atoms with Gasteiger partial charge < -0.3 is 15.2 Å². The van der Waals surface area contributed by atoms with Gasteiger partial charge in [-0.25, -0.2) is 0 Å². The van der Waals surface area contributed by atoms with Crippen LogP contribution in [0, 0.1) is 27.7 Å². The standard InChI is InChI=1S/C25H31N5O2S/c1-7-30-23(19(6)26-24(32)20-10-8-9-15(2)13-20)28-29-25(30)33-14-21(31)27-22-17(4)11-16(3)12-18(22)5/h8-13,19H,7,14H2,1-6H3,(H,26,32)(H,27,31). The fraction of sp³-hybridized carbons (Fsp3) is 0.360. The third-order valence-corrected chi connectivity index (χ3v) is 6.32. The molecule has 3 aromatic rings. The van der Waals surface area contributed by atoms with E-state index in [0.29, 0.717) is 23.1 Å². The summed E-state index contributed by atoms with van der Waals surface area (Å²) in [6, 6.07) is 11.2. The summed E-state index contributed by atoms with van der Waals surface area (Å²) in [5, 5.41) is 15.2. The van der Waals surface area contributed by atoms with E-state index in [0.717, 1.165) is 22.4 Å². The number of nitrogens with zero attached hydrogens (tertiary/aromatic N) is 3. The summed E-state index contributed by atoms with van der Waals surface area (Å²) >= 11 is 1.33. The molecule has 0 spiro atoms. The minimum Gasteiger partial charge on any atom is -0.342 e. The van der Waals surface area contributed by atoms with E-state index >= 15 is 0 Å². The lowest BCUT2D eigenvalue weighted by Gasteiger charge is -2.15. The van der Waals surface area contributed by atoms with Crippen LogP contribution in [-0.2, 0) is 11.3 Å². The quantitative estimate of drug-likeness (QED) is 0.469. The number of thioether (sulfide) groups is 1. The van der Waals surface area contributed by atoms with Crippen molar-refractivity contribution < 1.29 is 9.59 Å². The number of carbonyl (C=O) groups excluding carboxylic acids is 2. The average molecular weight is 466 g/mol. The lowest BCUT2D eigenvalue weighted by molar-refractivity contribution is -0.113. The van der Waals surface area contributed by atoms with Crippen molar-refractivity contribution >= 4 is 29.3 Å². The fourth-order valence-electron chi connectivity index (χ4n) is 3.84. The molecule has 1 atom stereocenters. The Balaban J connectivity index is 1.65. The van der Waals surface area contributed by atoms with Gasteiger partial charge in [0.2, 0.25) is 5.91 Å². The molecule has 1 unspecified atom stereocenters. The molecule has 0 aliphatic carbocycles. The number of hydrogen-bond donors (Lipinski definition) is 2. The zero-order valence-corrected chi connectivity index (χ0v) is 20.8. The van der Waals surface area contributed by atoms with Crippen molar-refractivity contribution in [2.24, 2.45) is 0 Å². The highest BCUT2D eigenvalue weighted by atomic mass is 32.2. The van der Waals surface area contributed by atoms with Gasteiger partial charge in [0.25, 0.3) is 5.91 Å². The van der Waals surface area contributed by atoms with Crippen molar-refractivity contribution in [2.75, 3.05) is 11.1 Å². The number of nitrogens with one attached hydrogen (secondary N) is 2. The maximum absolute atomic E-state index is 12.6. The maximum atomic E-state index is 12.6. The van der Waals surface area contributed by atoms with E-state index in [9.17, 15) is 9.59 Å². The van der Waals surface area contributed by atoms with Crippen molar-refractivity contribution in [2.45, 2.75) is 59.3 Å². The van der Waals surface area contributed by atoms with E-state index in [1.165, 1.54) is 17.3 Å². The molecule has 0 saturated carbocycles. The second kappa shape index (κ2) is 10.7. The van der Waals surface area contributed by atoms with Gasteiger partial charge in [-0.2, -0.15) is 0 Å². The van der Waals surface area contributed by atoms with Crippen molar-refractivity contribution in [3.05, 3.63) is 70.0 Å². The Hall–Kier alpha value is -3.13. The summed E-state index contributed by atoms with van der Waals surface area (Å²) in [5.41, 5.74) is 5.75. The third kappa shape index (κ3) is 6.01. The highest BCUT2D eigenvalue weighted by Gasteiger charge is 2.20. The normalized spacial score (nSPS) is 11.8. The maximum Gasteiger partial charge on any atom is 0.251 e. The van der Waals surface area contributed by atoms with Gasteiger partial charge in [0, 0.05) is 17.8 Å². The molecule has 0 fully saturated rings. The first kappa shape index (κ1) is 24.5. The molecular formula is C25H31N5O2S. The van der Waals surface area contributed by atoms with Crippen LogP contribution < -0.4 is 10.6 Å². The van der Waals surface area contributed by atoms with Crippen LogP contribution in [0.25, 0.3) is 0 Å². The first-order valence-corrected chi connectivity index (χ1v) is 12.0. The Morgan fingerprint density at radius 1 is 1.03 bits per heavy atom. The predicted molar refractivity (Wildman–Crippen MR) is 133 cm³/mol. The lowest BCUT2D eigenvalue weighted by atomic mass is 10.1. The van der Waals surface area contributed by atoms with Crippen LogP contribution in [0.2, 0.25) is 0 Å². The molecule has 0 radical (unpaired) electrons. The molecule has 0 saturated heterocycles. The van der Waals surface area contributed by atoms with Crippen molar-refractivity contribution in [1.82, 2.24) is 20.1 Å². The highest BCUT2D eigenvalue weighted by Crippen LogP contribution is 2.24. The minimum absolute atomic E-state index is 0.0944. The summed E-state index contributed by atoms with van der Waals surface area (Å²) in [7, 11) is 0. The van der Waals surface area contributed by atoms with Gasteiger partial charge >= 0.3 is 0 Å². The Kier molecular flexibility index (Phi) is 7.92. The molecule has 174 valence electrons. The van der Waals surface area contributed by atoms with Crippen LogP contribution in [0.1, 0.15) is 58.3 Å². The molecular weight excluding hydrogens is 434 g/mol. The fourth-order valence-corrected chi connectivity index (χ4v) is 4.65. The van der Waals surface area contributed by atoms with Crippen LogP contribution in [0.3, 0.4) is 0 Å². The van der Waals surface area contributed by atoms with Gasteiger partial charge in [0.1, 0.15) is 0 Å². The second-order valence-electron chi connectivity index (χ2n) is 8.26. The van der Waals surface area contributed by atoms with Gasteiger partial charge in [0.05, 0.1) is 11.8 Å². The summed E-state index contributed by atoms with van der Waals surface area (Å²) < 4.78 is 1.93. The van der Waals surface area contributed by atoms with Crippen molar-refractivity contribution in [1.29, 1.82) is 0 Å². The monoisotopic (exact) mass is 465 g/mol. The van der Waals surface area contributed by atoms with Crippen LogP contribution in [0.5, 0.6) is 0 Å². The molecule has 33 heavy (non-hydrogen) atoms. The molecule has 8 heteroatoms. The van der Waals surface area contributed by atoms with Crippen molar-refractivity contribution in [3.8, 4) is 0 Å². The molecule has 2 aromatic carbocycles. The van der Waals surface area contributed by atoms with Gasteiger partial charge in [-0.15, -0.1) is 10.2 Å². The average Bonchev–Trinajstić information content (AvgIpc) is 3.17. The van der Waals surface area contributed by atoms with Crippen LogP contribution in [0.4, 0.5) is 5.69 Å². The molecule has 0 aliphatic rings.